The summed E-state index contributed by atoms with van der Waals surface area (Å²) >= 11 is 0. The van der Waals surface area contributed by atoms with E-state index < -0.39 is 41.1 Å². The van der Waals surface area contributed by atoms with Crippen molar-refractivity contribution in [2.24, 2.45) is 28.6 Å². The molecule has 0 aliphatic heterocycles. The summed E-state index contributed by atoms with van der Waals surface area (Å²) in [4.78, 5) is 24.2. The fourth-order valence-electron chi connectivity index (χ4n) is 7.29. The molecular formula is C21H29FO5. The van der Waals surface area contributed by atoms with Gasteiger partial charge in [0, 0.05) is 11.8 Å². The Morgan fingerprint density at radius 1 is 1.33 bits per heavy atom. The molecule has 3 fully saturated rings. The highest BCUT2D eigenvalue weighted by Gasteiger charge is 2.69. The van der Waals surface area contributed by atoms with Gasteiger partial charge in [0.2, 0.25) is 0 Å². The molecule has 0 aromatic carbocycles. The second-order valence-electron chi connectivity index (χ2n) is 9.65. The molecular weight excluding hydrogens is 351 g/mol. The lowest BCUT2D eigenvalue weighted by Gasteiger charge is -2.61. The van der Waals surface area contributed by atoms with Crippen molar-refractivity contribution in [3.63, 3.8) is 0 Å². The number of alkyl halides is 1. The van der Waals surface area contributed by atoms with Crippen LogP contribution in [0.2, 0.25) is 0 Å². The summed E-state index contributed by atoms with van der Waals surface area (Å²) in [5.41, 5.74) is -2.61. The standard InChI is InChI=1S/C21H29FO5/c1-19-5-3-11(24)7-14(19)15(22)8-12-13-4-6-21(27,17(26)10-23)20(13,2)9-16(25)18(12)19/h7,12-13,15-16,18,23,25,27H,3-6,8-10H2,1-2H3/t12-,13-,15+,16-,18-,19+,20-,21+/m1/s1. The minimum absolute atomic E-state index is 0.0532. The zero-order chi connectivity index (χ0) is 19.8. The Morgan fingerprint density at radius 2 is 2.04 bits per heavy atom. The van der Waals surface area contributed by atoms with Crippen molar-refractivity contribution in [2.75, 3.05) is 6.61 Å². The van der Waals surface area contributed by atoms with Crippen LogP contribution in [0.5, 0.6) is 0 Å². The van der Waals surface area contributed by atoms with Gasteiger partial charge < -0.3 is 15.3 Å². The SMILES string of the molecule is C[C@]12CCC(=O)C=C1[C@@H](F)C[C@H]1[C@@H]2[C@H](O)C[C@]2(C)[C@@H]1CC[C@]2(O)C(=O)CO. The number of allylic oxidation sites excluding steroid dienone is 1. The van der Waals surface area contributed by atoms with Gasteiger partial charge in [0.25, 0.3) is 0 Å². The predicted molar refractivity (Wildman–Crippen MR) is 95.4 cm³/mol. The summed E-state index contributed by atoms with van der Waals surface area (Å²) < 4.78 is 15.2. The maximum Gasteiger partial charge on any atom is 0.190 e. The van der Waals surface area contributed by atoms with E-state index >= 15 is 4.39 Å². The molecule has 0 bridgehead atoms. The van der Waals surface area contributed by atoms with E-state index in [1.165, 1.54) is 6.08 Å². The van der Waals surface area contributed by atoms with Crippen molar-refractivity contribution in [1.29, 1.82) is 0 Å². The van der Waals surface area contributed by atoms with Crippen molar-refractivity contribution in [3.8, 4) is 0 Å². The van der Waals surface area contributed by atoms with Gasteiger partial charge >= 0.3 is 0 Å². The lowest BCUT2D eigenvalue weighted by Crippen LogP contribution is -2.63. The average molecular weight is 380 g/mol. The van der Waals surface area contributed by atoms with E-state index in [1.807, 2.05) is 13.8 Å². The lowest BCUT2D eigenvalue weighted by molar-refractivity contribution is -0.185. The zero-order valence-electron chi connectivity index (χ0n) is 15.9. The Hall–Kier alpha value is -1.11. The number of ketones is 2. The smallest absolute Gasteiger partial charge is 0.190 e. The second kappa shape index (κ2) is 5.94. The molecule has 0 saturated heterocycles. The molecule has 4 aliphatic carbocycles. The first kappa shape index (κ1) is 19.2. The van der Waals surface area contributed by atoms with Gasteiger partial charge in [-0.1, -0.05) is 13.8 Å². The van der Waals surface area contributed by atoms with Crippen LogP contribution in [-0.4, -0.2) is 51.4 Å². The summed E-state index contributed by atoms with van der Waals surface area (Å²) in [6.45, 7) is 3.03. The molecule has 27 heavy (non-hydrogen) atoms. The number of hydrogen-bond acceptors (Lipinski definition) is 5. The minimum Gasteiger partial charge on any atom is -0.393 e. The van der Waals surface area contributed by atoms with Gasteiger partial charge in [-0.25, -0.2) is 4.39 Å². The zero-order valence-corrected chi connectivity index (χ0v) is 15.9. The summed E-state index contributed by atoms with van der Waals surface area (Å²) in [6.07, 6.45) is 1.57. The summed E-state index contributed by atoms with van der Waals surface area (Å²) in [6, 6.07) is 0. The molecule has 0 aromatic heterocycles. The predicted octanol–water partition coefficient (Wildman–Crippen LogP) is 1.73. The number of hydrogen-bond donors (Lipinski definition) is 3. The number of Topliss-reactive ketones (excluding diaryl/α,β-unsaturated/α-hetero) is 1. The highest BCUT2D eigenvalue weighted by molar-refractivity contribution is 5.92. The largest absolute Gasteiger partial charge is 0.393 e. The first-order valence-corrected chi connectivity index (χ1v) is 10.0. The van der Waals surface area contributed by atoms with E-state index in [4.69, 9.17) is 0 Å². The number of carbonyl (C=O) groups excluding carboxylic acids is 2. The van der Waals surface area contributed by atoms with E-state index in [-0.39, 0.29) is 42.8 Å². The average Bonchev–Trinajstić information content (AvgIpc) is 2.87. The topological polar surface area (TPSA) is 94.8 Å². The van der Waals surface area contributed by atoms with Crippen molar-refractivity contribution in [2.45, 2.75) is 70.2 Å². The third-order valence-electron chi connectivity index (χ3n) is 8.63. The van der Waals surface area contributed by atoms with Crippen molar-refractivity contribution in [1.82, 2.24) is 0 Å². The molecule has 0 unspecified atom stereocenters. The number of rotatable bonds is 2. The fraction of sp³-hybridized carbons (Fsp3) is 0.810. The Labute approximate surface area is 158 Å². The number of aliphatic hydroxyl groups is 3. The third kappa shape index (κ3) is 2.33. The Kier molecular flexibility index (Phi) is 4.23. The van der Waals surface area contributed by atoms with E-state index in [9.17, 15) is 24.9 Å². The van der Waals surface area contributed by atoms with Gasteiger partial charge in [0.15, 0.2) is 11.6 Å². The molecule has 5 nitrogen and oxygen atoms in total. The molecule has 8 atom stereocenters. The van der Waals surface area contributed by atoms with E-state index in [1.54, 1.807) is 0 Å². The van der Waals surface area contributed by atoms with E-state index in [0.29, 0.717) is 24.8 Å². The van der Waals surface area contributed by atoms with Crippen LogP contribution in [0.1, 0.15) is 52.4 Å². The maximum atomic E-state index is 15.2. The van der Waals surface area contributed by atoms with Crippen molar-refractivity contribution < 1.29 is 29.3 Å². The van der Waals surface area contributed by atoms with Gasteiger partial charge in [-0.2, -0.15) is 0 Å². The normalized spacial score (nSPS) is 51.9. The molecule has 4 aliphatic rings. The molecule has 0 heterocycles. The number of carbonyl (C=O) groups is 2. The quantitative estimate of drug-likeness (QED) is 0.678. The molecule has 6 heteroatoms. The Balaban J connectivity index is 1.77. The number of halogens is 1. The van der Waals surface area contributed by atoms with Crippen LogP contribution in [0.3, 0.4) is 0 Å². The molecule has 3 saturated carbocycles. The van der Waals surface area contributed by atoms with Crippen LogP contribution in [0.15, 0.2) is 11.6 Å². The fourth-order valence-corrected chi connectivity index (χ4v) is 7.29. The maximum absolute atomic E-state index is 15.2. The van der Waals surface area contributed by atoms with E-state index in [2.05, 4.69) is 0 Å². The molecule has 0 aromatic rings. The summed E-state index contributed by atoms with van der Waals surface area (Å²) in [5, 5.41) is 31.6. The Bertz CT molecular complexity index is 719. The molecule has 0 amide bonds. The Morgan fingerprint density at radius 3 is 2.70 bits per heavy atom. The van der Waals surface area contributed by atoms with Gasteiger partial charge in [0.1, 0.15) is 18.4 Å². The third-order valence-corrected chi connectivity index (χ3v) is 8.63. The van der Waals surface area contributed by atoms with Crippen molar-refractivity contribution >= 4 is 11.6 Å². The van der Waals surface area contributed by atoms with Crippen LogP contribution in [0.4, 0.5) is 4.39 Å². The highest BCUT2D eigenvalue weighted by Crippen LogP contribution is 2.67. The summed E-state index contributed by atoms with van der Waals surface area (Å²) in [5.74, 6) is -1.11. The second-order valence-corrected chi connectivity index (χ2v) is 9.65. The molecule has 0 radical (unpaired) electrons. The molecule has 3 N–H and O–H groups in total. The van der Waals surface area contributed by atoms with Gasteiger partial charge in [0.05, 0.1) is 6.10 Å². The van der Waals surface area contributed by atoms with Gasteiger partial charge in [-0.15, -0.1) is 0 Å². The van der Waals surface area contributed by atoms with Crippen LogP contribution >= 0.6 is 0 Å². The highest BCUT2D eigenvalue weighted by atomic mass is 19.1. The molecule has 0 spiro atoms. The van der Waals surface area contributed by atoms with Crippen molar-refractivity contribution in [3.05, 3.63) is 11.6 Å². The van der Waals surface area contributed by atoms with Gasteiger partial charge in [-0.3, -0.25) is 9.59 Å². The molecule has 150 valence electrons. The molecule has 4 rings (SSSR count). The summed E-state index contributed by atoms with van der Waals surface area (Å²) in [7, 11) is 0. The first-order valence-electron chi connectivity index (χ1n) is 10.0. The van der Waals surface area contributed by atoms with Crippen LogP contribution in [0, 0.1) is 28.6 Å². The van der Waals surface area contributed by atoms with E-state index in [0.717, 1.165) is 0 Å². The first-order chi connectivity index (χ1) is 12.6. The minimum atomic E-state index is -1.68. The van der Waals surface area contributed by atoms with Crippen LogP contribution in [0.25, 0.3) is 0 Å². The lowest BCUT2D eigenvalue weighted by atomic mass is 9.45. The number of fused-ring (bicyclic) bond motifs is 5. The number of aliphatic hydroxyl groups excluding tert-OH is 2. The monoisotopic (exact) mass is 380 g/mol. The van der Waals surface area contributed by atoms with Crippen LogP contribution < -0.4 is 0 Å². The van der Waals surface area contributed by atoms with Crippen LogP contribution in [-0.2, 0) is 9.59 Å². The van der Waals surface area contributed by atoms with Gasteiger partial charge in [-0.05, 0) is 66.9 Å².